The SMILES string of the molecule is COc1ccccc1OCC(=O)N(CCN(C)C)c1nc2c(C)cc(C)cc2s1.Cl. The molecular weight excluding hydrogens is 422 g/mol. The number of fused-ring (bicyclic) bond motifs is 1. The average Bonchev–Trinajstić information content (AvgIpc) is 3.10. The van der Waals surface area contributed by atoms with Crippen molar-refractivity contribution < 1.29 is 14.3 Å². The Morgan fingerprint density at radius 1 is 1.10 bits per heavy atom. The third-order valence-corrected chi connectivity index (χ3v) is 5.57. The fourth-order valence-corrected chi connectivity index (χ4v) is 4.24. The number of para-hydroxylation sites is 2. The summed E-state index contributed by atoms with van der Waals surface area (Å²) in [6, 6.07) is 11.5. The van der Waals surface area contributed by atoms with Crippen molar-refractivity contribution in [1.82, 2.24) is 9.88 Å². The van der Waals surface area contributed by atoms with Crippen molar-refractivity contribution in [3.8, 4) is 11.5 Å². The second-order valence-electron chi connectivity index (χ2n) is 7.21. The molecule has 0 atom stereocenters. The quantitative estimate of drug-likeness (QED) is 0.512. The van der Waals surface area contributed by atoms with Crippen molar-refractivity contribution in [2.75, 3.05) is 45.8 Å². The van der Waals surface area contributed by atoms with Crippen LogP contribution in [0.4, 0.5) is 5.13 Å². The van der Waals surface area contributed by atoms with Crippen LogP contribution in [0.1, 0.15) is 11.1 Å². The fourth-order valence-electron chi connectivity index (χ4n) is 3.06. The van der Waals surface area contributed by atoms with Crippen LogP contribution in [0, 0.1) is 13.8 Å². The van der Waals surface area contributed by atoms with Gasteiger partial charge in [0.15, 0.2) is 23.2 Å². The molecule has 1 aromatic heterocycles. The van der Waals surface area contributed by atoms with Gasteiger partial charge in [0.2, 0.25) is 0 Å². The van der Waals surface area contributed by atoms with Gasteiger partial charge in [-0.05, 0) is 57.3 Å². The number of anilines is 1. The van der Waals surface area contributed by atoms with Gasteiger partial charge in [-0.1, -0.05) is 29.5 Å². The minimum Gasteiger partial charge on any atom is -0.493 e. The number of rotatable bonds is 8. The molecule has 0 radical (unpaired) electrons. The summed E-state index contributed by atoms with van der Waals surface area (Å²) in [6.07, 6.45) is 0. The number of halogens is 1. The predicted molar refractivity (Wildman–Crippen MR) is 126 cm³/mol. The van der Waals surface area contributed by atoms with E-state index in [2.05, 4.69) is 26.0 Å². The van der Waals surface area contributed by atoms with Crippen molar-refractivity contribution in [2.24, 2.45) is 0 Å². The molecular formula is C22H28ClN3O3S. The molecule has 0 aliphatic carbocycles. The molecule has 3 aromatic rings. The zero-order valence-corrected chi connectivity index (χ0v) is 19.6. The van der Waals surface area contributed by atoms with Crippen molar-refractivity contribution in [3.63, 3.8) is 0 Å². The number of aryl methyl sites for hydroxylation is 2. The van der Waals surface area contributed by atoms with Crippen LogP contribution in [-0.2, 0) is 4.79 Å². The summed E-state index contributed by atoms with van der Waals surface area (Å²) in [4.78, 5) is 21.6. The van der Waals surface area contributed by atoms with Crippen LogP contribution in [0.15, 0.2) is 36.4 Å². The summed E-state index contributed by atoms with van der Waals surface area (Å²) in [6.45, 7) is 5.31. The number of ether oxygens (including phenoxy) is 2. The summed E-state index contributed by atoms with van der Waals surface area (Å²) in [5.74, 6) is 1.02. The molecule has 0 spiro atoms. The maximum absolute atomic E-state index is 13.1. The molecule has 1 amide bonds. The lowest BCUT2D eigenvalue weighted by Gasteiger charge is -2.22. The zero-order valence-electron chi connectivity index (χ0n) is 18.0. The lowest BCUT2D eigenvalue weighted by Crippen LogP contribution is -2.39. The number of methoxy groups -OCH3 is 1. The first-order valence-electron chi connectivity index (χ1n) is 9.47. The highest BCUT2D eigenvalue weighted by Crippen LogP contribution is 2.32. The summed E-state index contributed by atoms with van der Waals surface area (Å²) < 4.78 is 12.2. The fraction of sp³-hybridized carbons (Fsp3) is 0.364. The van der Waals surface area contributed by atoms with Crippen LogP contribution in [0.5, 0.6) is 11.5 Å². The number of aromatic nitrogens is 1. The Bertz CT molecular complexity index is 1010. The number of amides is 1. The van der Waals surface area contributed by atoms with Crippen molar-refractivity contribution in [3.05, 3.63) is 47.5 Å². The number of carbonyl (C=O) groups excluding carboxylic acids is 1. The average molecular weight is 450 g/mol. The number of hydrogen-bond acceptors (Lipinski definition) is 6. The number of benzene rings is 2. The van der Waals surface area contributed by atoms with E-state index < -0.39 is 0 Å². The molecule has 1 heterocycles. The third kappa shape index (κ3) is 5.62. The van der Waals surface area contributed by atoms with Gasteiger partial charge in [0, 0.05) is 13.1 Å². The minimum absolute atomic E-state index is 0. The first-order valence-corrected chi connectivity index (χ1v) is 10.3. The van der Waals surface area contributed by atoms with E-state index in [1.165, 1.54) is 16.9 Å². The monoisotopic (exact) mass is 449 g/mol. The van der Waals surface area contributed by atoms with E-state index in [1.54, 1.807) is 18.1 Å². The van der Waals surface area contributed by atoms with Gasteiger partial charge >= 0.3 is 0 Å². The molecule has 0 saturated carbocycles. The van der Waals surface area contributed by atoms with E-state index in [4.69, 9.17) is 14.5 Å². The Morgan fingerprint density at radius 3 is 2.47 bits per heavy atom. The maximum Gasteiger partial charge on any atom is 0.266 e. The second-order valence-corrected chi connectivity index (χ2v) is 8.22. The molecule has 6 nitrogen and oxygen atoms in total. The molecule has 0 bridgehead atoms. The topological polar surface area (TPSA) is 54.9 Å². The van der Waals surface area contributed by atoms with Crippen LogP contribution >= 0.6 is 23.7 Å². The van der Waals surface area contributed by atoms with Crippen LogP contribution in [0.3, 0.4) is 0 Å². The van der Waals surface area contributed by atoms with E-state index in [0.29, 0.717) is 23.2 Å². The van der Waals surface area contributed by atoms with Crippen molar-refractivity contribution >= 4 is 45.0 Å². The summed E-state index contributed by atoms with van der Waals surface area (Å²) in [5, 5.41) is 0.698. The Hall–Kier alpha value is -2.35. The van der Waals surface area contributed by atoms with Gasteiger partial charge in [0.05, 0.1) is 17.3 Å². The van der Waals surface area contributed by atoms with Gasteiger partial charge in [0.1, 0.15) is 0 Å². The second kappa shape index (κ2) is 10.6. The Morgan fingerprint density at radius 2 is 1.80 bits per heavy atom. The molecule has 8 heteroatoms. The number of likely N-dealkylation sites (N-methyl/N-ethyl adjacent to an activating group) is 1. The van der Waals surface area contributed by atoms with Crippen molar-refractivity contribution in [1.29, 1.82) is 0 Å². The number of nitrogens with zero attached hydrogens (tertiary/aromatic N) is 3. The molecule has 0 aliphatic heterocycles. The first-order chi connectivity index (χ1) is 13.9. The Kier molecular flexibility index (Phi) is 8.46. The first kappa shape index (κ1) is 23.9. The van der Waals surface area contributed by atoms with Gasteiger partial charge in [-0.15, -0.1) is 12.4 Å². The molecule has 0 saturated heterocycles. The number of hydrogen-bond donors (Lipinski definition) is 0. The lowest BCUT2D eigenvalue weighted by molar-refractivity contribution is -0.120. The van der Waals surface area contributed by atoms with Crippen LogP contribution in [0.2, 0.25) is 0 Å². The van der Waals surface area contributed by atoms with Crippen molar-refractivity contribution in [2.45, 2.75) is 13.8 Å². The van der Waals surface area contributed by atoms with Gasteiger partial charge in [-0.25, -0.2) is 4.98 Å². The lowest BCUT2D eigenvalue weighted by atomic mass is 10.1. The summed E-state index contributed by atoms with van der Waals surface area (Å²) in [7, 11) is 5.55. The van der Waals surface area contributed by atoms with E-state index in [-0.39, 0.29) is 24.9 Å². The molecule has 2 aromatic carbocycles. The largest absolute Gasteiger partial charge is 0.493 e. The third-order valence-electron chi connectivity index (χ3n) is 4.54. The van der Waals surface area contributed by atoms with E-state index in [1.807, 2.05) is 37.2 Å². The molecule has 0 aliphatic rings. The van der Waals surface area contributed by atoms with Gasteiger partial charge < -0.3 is 14.4 Å². The van der Waals surface area contributed by atoms with Crippen LogP contribution in [-0.4, -0.2) is 56.7 Å². The smallest absolute Gasteiger partial charge is 0.266 e. The summed E-state index contributed by atoms with van der Waals surface area (Å²) in [5.41, 5.74) is 3.26. The maximum atomic E-state index is 13.1. The van der Waals surface area contributed by atoms with Crippen LogP contribution in [0.25, 0.3) is 10.2 Å². The highest BCUT2D eigenvalue weighted by molar-refractivity contribution is 7.22. The molecule has 30 heavy (non-hydrogen) atoms. The number of thiazole rings is 1. The van der Waals surface area contributed by atoms with Gasteiger partial charge in [-0.2, -0.15) is 0 Å². The van der Waals surface area contributed by atoms with E-state index >= 15 is 0 Å². The standard InChI is InChI=1S/C22H27N3O3S.ClH/c1-15-12-16(2)21-19(13-15)29-22(23-21)25(11-10-24(3)4)20(26)14-28-18-9-7-6-8-17(18)27-5;/h6-9,12-13H,10-11,14H2,1-5H3;1H. The predicted octanol–water partition coefficient (Wildman–Crippen LogP) is 4.32. The van der Waals surface area contributed by atoms with Gasteiger partial charge in [0.25, 0.3) is 5.91 Å². The highest BCUT2D eigenvalue weighted by atomic mass is 35.5. The Balaban J connectivity index is 0.00000320. The highest BCUT2D eigenvalue weighted by Gasteiger charge is 2.21. The number of carbonyl (C=O) groups is 1. The molecule has 0 N–H and O–H groups in total. The van der Waals surface area contributed by atoms with E-state index in [0.717, 1.165) is 22.3 Å². The minimum atomic E-state index is -0.133. The molecule has 3 rings (SSSR count). The van der Waals surface area contributed by atoms with E-state index in [9.17, 15) is 4.79 Å². The normalized spacial score (nSPS) is 10.7. The van der Waals surface area contributed by atoms with Gasteiger partial charge in [-0.3, -0.25) is 9.69 Å². The Labute approximate surface area is 187 Å². The summed E-state index contributed by atoms with van der Waals surface area (Å²) >= 11 is 1.54. The molecule has 162 valence electrons. The molecule has 0 unspecified atom stereocenters. The van der Waals surface area contributed by atoms with Crippen LogP contribution < -0.4 is 14.4 Å². The zero-order chi connectivity index (χ0) is 21.0. The molecule has 0 fully saturated rings.